The van der Waals surface area contributed by atoms with Crippen molar-refractivity contribution in [2.45, 2.75) is 0 Å². The number of fused-ring (bicyclic) bond motifs is 2. The third-order valence-electron chi connectivity index (χ3n) is 4.08. The molecule has 0 nitrogen and oxygen atoms in total. The Labute approximate surface area is 124 Å². The maximum Gasteiger partial charge on any atom is 0.0136 e. The third kappa shape index (κ3) is 2.19. The van der Waals surface area contributed by atoms with Gasteiger partial charge in [-0.3, -0.25) is 0 Å². The number of hydrogen-bond acceptors (Lipinski definition) is 0. The van der Waals surface area contributed by atoms with Crippen molar-refractivity contribution < 1.29 is 0 Å². The van der Waals surface area contributed by atoms with E-state index in [1.54, 1.807) is 0 Å². The predicted molar refractivity (Wildman–Crippen MR) is 92.3 cm³/mol. The molecule has 0 fully saturated rings. The summed E-state index contributed by atoms with van der Waals surface area (Å²) in [6, 6.07) is 19.5. The number of rotatable bonds is 2. The lowest BCUT2D eigenvalue weighted by molar-refractivity contribution is 1.10. The molecule has 100 valence electrons. The summed E-state index contributed by atoms with van der Waals surface area (Å²) < 4.78 is 0. The minimum atomic E-state index is 0.419. The summed E-state index contributed by atoms with van der Waals surface area (Å²) in [6.45, 7) is 0. The molecule has 0 saturated heterocycles. The van der Waals surface area contributed by atoms with Crippen molar-refractivity contribution in [2.24, 2.45) is 5.92 Å². The number of allylic oxidation sites excluding steroid dienone is 5. The average Bonchev–Trinajstić information content (AvgIpc) is 3.05. The molecule has 21 heavy (non-hydrogen) atoms. The van der Waals surface area contributed by atoms with Crippen LogP contribution in [-0.2, 0) is 0 Å². The molecule has 3 aromatic rings. The summed E-state index contributed by atoms with van der Waals surface area (Å²) in [5.41, 5.74) is 1.32. The van der Waals surface area contributed by atoms with E-state index in [2.05, 4.69) is 91.1 Å². The minimum absolute atomic E-state index is 0.419. The summed E-state index contributed by atoms with van der Waals surface area (Å²) in [7, 11) is 0. The SMILES string of the molecule is C1=CC(C=Cc2c3ccccc3cc3ccccc23)C=C1. The van der Waals surface area contributed by atoms with Gasteiger partial charge in [0.05, 0.1) is 0 Å². The molecule has 0 radical (unpaired) electrons. The molecule has 0 unspecified atom stereocenters. The highest BCUT2D eigenvalue weighted by atomic mass is 14.1. The van der Waals surface area contributed by atoms with E-state index in [4.69, 9.17) is 0 Å². The minimum Gasteiger partial charge on any atom is -0.0738 e. The van der Waals surface area contributed by atoms with Crippen molar-refractivity contribution in [2.75, 3.05) is 0 Å². The fourth-order valence-corrected chi connectivity index (χ4v) is 3.01. The zero-order valence-corrected chi connectivity index (χ0v) is 11.7. The normalized spacial score (nSPS) is 14.9. The van der Waals surface area contributed by atoms with Gasteiger partial charge in [-0.2, -0.15) is 0 Å². The first kappa shape index (κ1) is 12.2. The zero-order chi connectivity index (χ0) is 14.1. The third-order valence-corrected chi connectivity index (χ3v) is 4.08. The molecule has 0 amide bonds. The lowest BCUT2D eigenvalue weighted by Crippen LogP contribution is -1.85. The fourth-order valence-electron chi connectivity index (χ4n) is 3.01. The van der Waals surface area contributed by atoms with E-state index in [1.807, 2.05) is 0 Å². The number of benzene rings is 3. The second-order valence-electron chi connectivity index (χ2n) is 5.44. The van der Waals surface area contributed by atoms with E-state index >= 15 is 0 Å². The first-order valence-electron chi connectivity index (χ1n) is 7.35. The molecule has 1 aliphatic carbocycles. The first-order chi connectivity index (χ1) is 10.4. The topological polar surface area (TPSA) is 0 Å². The van der Waals surface area contributed by atoms with Crippen LogP contribution in [0, 0.1) is 5.92 Å². The highest BCUT2D eigenvalue weighted by Crippen LogP contribution is 2.30. The number of hydrogen-bond donors (Lipinski definition) is 0. The van der Waals surface area contributed by atoms with E-state index in [0.717, 1.165) is 0 Å². The van der Waals surface area contributed by atoms with Gasteiger partial charge in [-0.15, -0.1) is 0 Å². The zero-order valence-electron chi connectivity index (χ0n) is 11.7. The molecule has 0 saturated carbocycles. The molecule has 0 N–H and O–H groups in total. The summed E-state index contributed by atoms with van der Waals surface area (Å²) in [4.78, 5) is 0. The molecule has 1 aliphatic rings. The smallest absolute Gasteiger partial charge is 0.0136 e. The molecule has 4 rings (SSSR count). The molecule has 0 heteroatoms. The van der Waals surface area contributed by atoms with Crippen LogP contribution in [0.25, 0.3) is 27.6 Å². The Balaban J connectivity index is 1.97. The van der Waals surface area contributed by atoms with E-state index in [-0.39, 0.29) is 0 Å². The van der Waals surface area contributed by atoms with E-state index in [1.165, 1.54) is 27.1 Å². The summed E-state index contributed by atoms with van der Waals surface area (Å²) in [6.07, 6.45) is 13.2. The van der Waals surface area contributed by atoms with Gasteiger partial charge in [0, 0.05) is 5.92 Å². The Bertz CT molecular complexity index is 828. The van der Waals surface area contributed by atoms with Crippen LogP contribution in [0.15, 0.2) is 85.0 Å². The summed E-state index contributed by atoms with van der Waals surface area (Å²) >= 11 is 0. The maximum absolute atomic E-state index is 2.28. The van der Waals surface area contributed by atoms with Crippen molar-refractivity contribution >= 4 is 27.6 Å². The molecule has 0 spiro atoms. The van der Waals surface area contributed by atoms with Crippen LogP contribution >= 0.6 is 0 Å². The Kier molecular flexibility index (Phi) is 2.93. The van der Waals surface area contributed by atoms with E-state index in [9.17, 15) is 0 Å². The molecule has 0 heterocycles. The van der Waals surface area contributed by atoms with Gasteiger partial charge in [0.25, 0.3) is 0 Å². The lowest BCUT2D eigenvalue weighted by Gasteiger charge is -2.08. The molecule has 0 aliphatic heterocycles. The van der Waals surface area contributed by atoms with Gasteiger partial charge in [0.2, 0.25) is 0 Å². The molecular formula is C21H16. The van der Waals surface area contributed by atoms with Crippen LogP contribution < -0.4 is 0 Å². The van der Waals surface area contributed by atoms with Gasteiger partial charge in [0.15, 0.2) is 0 Å². The quantitative estimate of drug-likeness (QED) is 0.519. The van der Waals surface area contributed by atoms with Gasteiger partial charge < -0.3 is 0 Å². The Morgan fingerprint density at radius 2 is 1.29 bits per heavy atom. The van der Waals surface area contributed by atoms with Crippen molar-refractivity contribution in [1.29, 1.82) is 0 Å². The lowest BCUT2D eigenvalue weighted by atomic mass is 9.95. The average molecular weight is 268 g/mol. The van der Waals surface area contributed by atoms with Crippen molar-refractivity contribution in [3.8, 4) is 0 Å². The van der Waals surface area contributed by atoms with Crippen LogP contribution in [-0.4, -0.2) is 0 Å². The highest BCUT2D eigenvalue weighted by Gasteiger charge is 2.05. The Morgan fingerprint density at radius 1 is 0.714 bits per heavy atom. The highest BCUT2D eigenvalue weighted by molar-refractivity contribution is 6.06. The largest absolute Gasteiger partial charge is 0.0738 e. The van der Waals surface area contributed by atoms with Gasteiger partial charge in [0.1, 0.15) is 0 Å². The predicted octanol–water partition coefficient (Wildman–Crippen LogP) is 5.75. The molecular weight excluding hydrogens is 252 g/mol. The second-order valence-corrected chi connectivity index (χ2v) is 5.44. The van der Waals surface area contributed by atoms with Crippen LogP contribution in [0.2, 0.25) is 0 Å². The van der Waals surface area contributed by atoms with Gasteiger partial charge >= 0.3 is 0 Å². The van der Waals surface area contributed by atoms with Crippen LogP contribution in [0.1, 0.15) is 5.56 Å². The molecule has 0 atom stereocenters. The van der Waals surface area contributed by atoms with Crippen molar-refractivity contribution in [1.82, 2.24) is 0 Å². The maximum atomic E-state index is 2.28. The second kappa shape index (κ2) is 5.06. The van der Waals surface area contributed by atoms with E-state index in [0.29, 0.717) is 5.92 Å². The summed E-state index contributed by atoms with van der Waals surface area (Å²) in [5, 5.41) is 5.23. The van der Waals surface area contributed by atoms with Gasteiger partial charge in [-0.25, -0.2) is 0 Å². The van der Waals surface area contributed by atoms with Crippen LogP contribution in [0.5, 0.6) is 0 Å². The van der Waals surface area contributed by atoms with Crippen LogP contribution in [0.3, 0.4) is 0 Å². The van der Waals surface area contributed by atoms with Crippen molar-refractivity contribution in [3.63, 3.8) is 0 Å². The van der Waals surface area contributed by atoms with Gasteiger partial charge in [-0.1, -0.05) is 85.0 Å². The van der Waals surface area contributed by atoms with Crippen LogP contribution in [0.4, 0.5) is 0 Å². The standard InChI is InChI=1S/C21H16/c1-2-8-16(7-1)13-14-21-19-11-5-3-9-17(19)15-18-10-4-6-12-20(18)21/h1-16H. The molecule has 0 bridgehead atoms. The fraction of sp³-hybridized carbons (Fsp3) is 0.0476. The van der Waals surface area contributed by atoms with E-state index < -0.39 is 0 Å². The van der Waals surface area contributed by atoms with Gasteiger partial charge in [-0.05, 0) is 33.2 Å². The Hall–Kier alpha value is -2.60. The molecule has 3 aromatic carbocycles. The Morgan fingerprint density at radius 3 is 1.90 bits per heavy atom. The first-order valence-corrected chi connectivity index (χ1v) is 7.35. The summed E-state index contributed by atoms with van der Waals surface area (Å²) in [5.74, 6) is 0.419. The monoisotopic (exact) mass is 268 g/mol. The van der Waals surface area contributed by atoms with Crippen molar-refractivity contribution in [3.05, 3.63) is 90.5 Å². The molecule has 0 aromatic heterocycles.